The molecule has 30 heavy (non-hydrogen) atoms. The van der Waals surface area contributed by atoms with Crippen molar-refractivity contribution in [2.45, 2.75) is 31.1 Å². The Labute approximate surface area is 182 Å². The zero-order valence-electron chi connectivity index (χ0n) is 17.8. The van der Waals surface area contributed by atoms with Crippen molar-refractivity contribution in [3.8, 4) is 5.75 Å². The summed E-state index contributed by atoms with van der Waals surface area (Å²) in [4.78, 5) is 19.3. The van der Waals surface area contributed by atoms with Crippen molar-refractivity contribution in [2.24, 2.45) is 11.8 Å². The number of piperidine rings is 3. The van der Waals surface area contributed by atoms with E-state index in [0.29, 0.717) is 30.2 Å². The van der Waals surface area contributed by atoms with Gasteiger partial charge in [-0.15, -0.1) is 18.3 Å². The van der Waals surface area contributed by atoms with Crippen molar-refractivity contribution in [2.75, 3.05) is 32.6 Å². The molecule has 0 radical (unpaired) electrons. The number of hydrogen-bond acceptors (Lipinski definition) is 6. The van der Waals surface area contributed by atoms with Crippen molar-refractivity contribution in [1.29, 1.82) is 0 Å². The molecule has 0 spiro atoms. The Kier molecular flexibility index (Phi) is 6.64. The maximum Gasteiger partial charge on any atom is 0.315 e. The molecule has 0 aliphatic carbocycles. The number of hydrogen-bond donors (Lipinski definition) is 0. The van der Waals surface area contributed by atoms with E-state index >= 15 is 0 Å². The number of rotatable bonds is 8. The van der Waals surface area contributed by atoms with Crippen molar-refractivity contribution in [1.82, 2.24) is 9.88 Å². The molecule has 5 nitrogen and oxygen atoms in total. The third kappa shape index (κ3) is 4.21. The fourth-order valence-corrected chi connectivity index (χ4v) is 6.27. The highest BCUT2D eigenvalue weighted by atomic mass is 32.2. The van der Waals surface area contributed by atoms with E-state index in [2.05, 4.69) is 34.7 Å². The number of thioether (sulfide) groups is 1. The van der Waals surface area contributed by atoms with Crippen LogP contribution in [-0.4, -0.2) is 54.5 Å². The van der Waals surface area contributed by atoms with Gasteiger partial charge in [-0.1, -0.05) is 6.08 Å². The second kappa shape index (κ2) is 9.40. The molecule has 6 heteroatoms. The average Bonchev–Trinajstić information content (AvgIpc) is 2.79. The lowest BCUT2D eigenvalue weighted by atomic mass is 9.74. The van der Waals surface area contributed by atoms with Crippen LogP contribution in [-0.2, 0) is 9.53 Å². The number of methoxy groups -OCH3 is 1. The molecule has 0 saturated carbocycles. The van der Waals surface area contributed by atoms with E-state index in [1.54, 1.807) is 18.9 Å². The summed E-state index contributed by atoms with van der Waals surface area (Å²) in [7, 11) is 1.69. The smallest absolute Gasteiger partial charge is 0.315 e. The molecule has 3 aliphatic rings. The van der Waals surface area contributed by atoms with Gasteiger partial charge in [0.2, 0.25) is 0 Å². The van der Waals surface area contributed by atoms with Gasteiger partial charge in [-0.2, -0.15) is 0 Å². The summed E-state index contributed by atoms with van der Waals surface area (Å²) in [6, 6.07) is 8.51. The van der Waals surface area contributed by atoms with E-state index in [4.69, 9.17) is 9.47 Å². The summed E-state index contributed by atoms with van der Waals surface area (Å²) in [6.07, 6.45) is 6.36. The molecule has 3 saturated heterocycles. The molecule has 5 atom stereocenters. The summed E-state index contributed by atoms with van der Waals surface area (Å²) in [5.41, 5.74) is 2.18. The zero-order valence-corrected chi connectivity index (χ0v) is 18.6. The third-order valence-electron chi connectivity index (χ3n) is 6.48. The lowest BCUT2D eigenvalue weighted by Gasteiger charge is -2.51. The largest absolute Gasteiger partial charge is 0.497 e. The maximum absolute atomic E-state index is 12.2. The van der Waals surface area contributed by atoms with Crippen LogP contribution in [0, 0.1) is 11.8 Å². The van der Waals surface area contributed by atoms with Crippen molar-refractivity contribution in [3.05, 3.63) is 48.7 Å². The SMILES string of the molecule is C=C[C@H]1CN2CC[C@H]1C[C@H]2[C@@H](SCC(=O)OCC)c1ccnc2ccc(OC)cc12. The Morgan fingerprint density at radius 2 is 2.30 bits per heavy atom. The van der Waals surface area contributed by atoms with E-state index in [1.807, 2.05) is 25.3 Å². The fraction of sp³-hybridized carbons (Fsp3) is 0.500. The standard InChI is InChI=1S/C24H30N2O3S/c1-4-16-14-26-11-9-17(16)12-22(26)24(30-15-23(27)29-5-2)19-8-10-25-21-7-6-18(28-3)13-20(19)21/h4,6-8,10,13,16-17,22,24H,1,5,9,11-12,14-15H2,2-3H3/t16-,17-,22-,24-/m0/s1. The number of esters is 1. The first kappa shape index (κ1) is 21.2. The molecule has 0 N–H and O–H groups in total. The lowest BCUT2D eigenvalue weighted by molar-refractivity contribution is -0.139. The van der Waals surface area contributed by atoms with Gasteiger partial charge in [0.25, 0.3) is 0 Å². The molecule has 4 heterocycles. The number of aromatic nitrogens is 1. The van der Waals surface area contributed by atoms with Crippen LogP contribution >= 0.6 is 11.8 Å². The van der Waals surface area contributed by atoms with Crippen LogP contribution in [0.1, 0.15) is 30.6 Å². The minimum atomic E-state index is -0.150. The first-order valence-electron chi connectivity index (χ1n) is 10.7. The van der Waals surface area contributed by atoms with Gasteiger partial charge >= 0.3 is 5.97 Å². The molecule has 1 aromatic heterocycles. The molecule has 3 aliphatic heterocycles. The van der Waals surface area contributed by atoms with E-state index in [0.717, 1.165) is 36.2 Å². The Balaban J connectivity index is 1.70. The van der Waals surface area contributed by atoms with Crippen molar-refractivity contribution < 1.29 is 14.3 Å². The highest BCUT2D eigenvalue weighted by Crippen LogP contribution is 2.47. The van der Waals surface area contributed by atoms with Crippen LogP contribution in [0.25, 0.3) is 10.9 Å². The average molecular weight is 427 g/mol. The Hall–Kier alpha value is -2.05. The fourth-order valence-electron chi connectivity index (χ4n) is 4.98. The molecule has 5 rings (SSSR count). The van der Waals surface area contributed by atoms with Gasteiger partial charge in [0.15, 0.2) is 0 Å². The highest BCUT2D eigenvalue weighted by Gasteiger charge is 2.43. The van der Waals surface area contributed by atoms with Gasteiger partial charge in [-0.25, -0.2) is 0 Å². The summed E-state index contributed by atoms with van der Waals surface area (Å²) >= 11 is 1.70. The number of benzene rings is 1. The number of ether oxygens (including phenoxy) is 2. The number of pyridine rings is 1. The van der Waals surface area contributed by atoms with E-state index in [9.17, 15) is 4.79 Å². The van der Waals surface area contributed by atoms with Gasteiger partial charge in [0.1, 0.15) is 5.75 Å². The molecular weight excluding hydrogens is 396 g/mol. The predicted octanol–water partition coefficient (Wildman–Crippen LogP) is 4.48. The third-order valence-corrected chi connectivity index (χ3v) is 7.81. The summed E-state index contributed by atoms with van der Waals surface area (Å²) < 4.78 is 10.7. The molecule has 1 unspecified atom stereocenters. The molecule has 0 amide bonds. The van der Waals surface area contributed by atoms with Crippen LogP contribution in [0.15, 0.2) is 43.1 Å². The maximum atomic E-state index is 12.2. The minimum absolute atomic E-state index is 0.150. The first-order valence-corrected chi connectivity index (χ1v) is 11.8. The van der Waals surface area contributed by atoms with E-state index < -0.39 is 0 Å². The molecule has 160 valence electrons. The van der Waals surface area contributed by atoms with Crippen LogP contribution in [0.3, 0.4) is 0 Å². The number of carbonyl (C=O) groups is 1. The van der Waals surface area contributed by atoms with Crippen LogP contribution in [0.2, 0.25) is 0 Å². The van der Waals surface area contributed by atoms with Crippen LogP contribution in [0.5, 0.6) is 5.75 Å². The summed E-state index contributed by atoms with van der Waals surface area (Å²) in [5.74, 6) is 2.27. The van der Waals surface area contributed by atoms with Gasteiger partial charge in [-0.3, -0.25) is 14.7 Å². The Morgan fingerprint density at radius 1 is 1.43 bits per heavy atom. The monoisotopic (exact) mass is 426 g/mol. The van der Waals surface area contributed by atoms with Gasteiger partial charge in [-0.05, 0) is 68.0 Å². The minimum Gasteiger partial charge on any atom is -0.497 e. The highest BCUT2D eigenvalue weighted by molar-refractivity contribution is 8.00. The van der Waals surface area contributed by atoms with Gasteiger partial charge in [0, 0.05) is 29.4 Å². The first-order chi connectivity index (χ1) is 14.6. The van der Waals surface area contributed by atoms with E-state index in [-0.39, 0.29) is 11.2 Å². The molecule has 1 aromatic carbocycles. The van der Waals surface area contributed by atoms with Gasteiger partial charge in [0.05, 0.1) is 25.0 Å². The van der Waals surface area contributed by atoms with Gasteiger partial charge < -0.3 is 9.47 Å². The number of carbonyl (C=O) groups excluding carboxylic acids is 1. The molecule has 3 fully saturated rings. The molecule has 2 bridgehead atoms. The topological polar surface area (TPSA) is 51.7 Å². The van der Waals surface area contributed by atoms with Crippen LogP contribution in [0.4, 0.5) is 0 Å². The quantitative estimate of drug-likeness (QED) is 0.458. The lowest BCUT2D eigenvalue weighted by Crippen LogP contribution is -2.54. The van der Waals surface area contributed by atoms with E-state index in [1.165, 1.54) is 12.0 Å². The second-order valence-corrected chi connectivity index (χ2v) is 9.20. The Bertz CT molecular complexity index is 918. The number of nitrogens with zero attached hydrogens (tertiary/aromatic N) is 2. The zero-order chi connectivity index (χ0) is 21.1. The summed E-state index contributed by atoms with van der Waals surface area (Å²) in [6.45, 7) is 8.49. The molecular formula is C24H30N2O3S. The summed E-state index contributed by atoms with van der Waals surface area (Å²) in [5, 5.41) is 1.27. The van der Waals surface area contributed by atoms with Crippen molar-refractivity contribution >= 4 is 28.6 Å². The number of fused-ring (bicyclic) bond motifs is 4. The predicted molar refractivity (Wildman–Crippen MR) is 122 cm³/mol. The normalized spacial score (nSPS) is 26.3. The molecule has 2 aromatic rings. The van der Waals surface area contributed by atoms with Crippen molar-refractivity contribution in [3.63, 3.8) is 0 Å². The Morgan fingerprint density at radius 3 is 3.00 bits per heavy atom. The van der Waals surface area contributed by atoms with Crippen LogP contribution < -0.4 is 4.74 Å². The second-order valence-electron chi connectivity index (χ2n) is 8.07.